The minimum Gasteiger partial charge on any atom is -0.336 e. The van der Waals surface area contributed by atoms with Gasteiger partial charge in [-0.1, -0.05) is 11.6 Å². The lowest BCUT2D eigenvalue weighted by molar-refractivity contribution is 0.0829. The van der Waals surface area contributed by atoms with Gasteiger partial charge in [0.25, 0.3) is 5.91 Å². The predicted octanol–water partition coefficient (Wildman–Crippen LogP) is 1.66. The molecule has 0 aliphatic carbocycles. The van der Waals surface area contributed by atoms with E-state index in [2.05, 4.69) is 26.2 Å². The normalized spacial score (nSPS) is 15.1. The van der Waals surface area contributed by atoms with Crippen LogP contribution in [0.2, 0.25) is 5.15 Å². The van der Waals surface area contributed by atoms with Gasteiger partial charge in [-0.15, -0.1) is 0 Å². The third-order valence-corrected chi connectivity index (χ3v) is 2.87. The molecule has 0 atom stereocenters. The quantitative estimate of drug-likeness (QED) is 0.803. The van der Waals surface area contributed by atoms with Crippen molar-refractivity contribution in [3.8, 4) is 0 Å². The fraction of sp³-hybridized carbons (Fsp3) is 0.222. The summed E-state index contributed by atoms with van der Waals surface area (Å²) in [6.07, 6.45) is 1.49. The molecule has 84 valence electrons. The molecule has 7 heteroatoms. The molecule has 0 unspecified atom stereocenters. The van der Waals surface area contributed by atoms with Crippen molar-refractivity contribution in [3.63, 3.8) is 0 Å². The summed E-state index contributed by atoms with van der Waals surface area (Å²) in [4.78, 5) is 28.2. The number of amides is 3. The summed E-state index contributed by atoms with van der Waals surface area (Å²) < 4.78 is 0.639. The maximum absolute atomic E-state index is 12.0. The molecule has 2 rings (SSSR count). The van der Waals surface area contributed by atoms with E-state index in [1.165, 1.54) is 6.20 Å². The number of nitrogens with one attached hydrogen (secondary N) is 1. The van der Waals surface area contributed by atoms with Crippen molar-refractivity contribution >= 4 is 39.5 Å². The van der Waals surface area contributed by atoms with Crippen LogP contribution in [0.5, 0.6) is 0 Å². The number of hydrogen-bond donors (Lipinski definition) is 1. The fourth-order valence-corrected chi connectivity index (χ4v) is 1.90. The molecule has 3 amide bonds. The molecule has 5 nitrogen and oxygen atoms in total. The minimum absolute atomic E-state index is 0.0906. The highest BCUT2D eigenvalue weighted by molar-refractivity contribution is 9.10. The van der Waals surface area contributed by atoms with E-state index < -0.39 is 11.9 Å². The van der Waals surface area contributed by atoms with Gasteiger partial charge >= 0.3 is 6.03 Å². The van der Waals surface area contributed by atoms with Gasteiger partial charge in [0.2, 0.25) is 0 Å². The van der Waals surface area contributed by atoms with Crippen LogP contribution >= 0.6 is 27.5 Å². The third-order valence-electron chi connectivity index (χ3n) is 2.14. The Morgan fingerprint density at radius 3 is 3.00 bits per heavy atom. The number of nitrogens with zero attached hydrogens (tertiary/aromatic N) is 2. The summed E-state index contributed by atoms with van der Waals surface area (Å²) >= 11 is 9.00. The summed E-state index contributed by atoms with van der Waals surface area (Å²) in [5.41, 5.74) is 0.216. The van der Waals surface area contributed by atoms with E-state index in [4.69, 9.17) is 11.6 Å². The SMILES string of the molecule is O=C1NCCN1C(=O)c1cc(Br)cnc1Cl. The van der Waals surface area contributed by atoms with Gasteiger partial charge in [0, 0.05) is 23.8 Å². The lowest BCUT2D eigenvalue weighted by Gasteiger charge is -2.12. The predicted molar refractivity (Wildman–Crippen MR) is 61.4 cm³/mol. The molecule has 1 aromatic heterocycles. The fourth-order valence-electron chi connectivity index (χ4n) is 1.38. The van der Waals surface area contributed by atoms with Gasteiger partial charge in [-0.05, 0) is 22.0 Å². The zero-order valence-electron chi connectivity index (χ0n) is 8.04. The number of hydrogen-bond acceptors (Lipinski definition) is 3. The Bertz CT molecular complexity index is 466. The Labute approximate surface area is 105 Å². The highest BCUT2D eigenvalue weighted by atomic mass is 79.9. The van der Waals surface area contributed by atoms with Gasteiger partial charge in [-0.25, -0.2) is 9.78 Å². The van der Waals surface area contributed by atoms with Crippen molar-refractivity contribution in [2.24, 2.45) is 0 Å². The molecule has 1 aliphatic heterocycles. The zero-order valence-corrected chi connectivity index (χ0v) is 10.4. The van der Waals surface area contributed by atoms with E-state index in [-0.39, 0.29) is 10.7 Å². The monoisotopic (exact) mass is 303 g/mol. The first-order valence-corrected chi connectivity index (χ1v) is 5.67. The van der Waals surface area contributed by atoms with Gasteiger partial charge in [-0.3, -0.25) is 9.69 Å². The lowest BCUT2D eigenvalue weighted by atomic mass is 10.2. The van der Waals surface area contributed by atoms with E-state index in [0.717, 1.165) is 4.90 Å². The molecular weight excluding hydrogens is 297 g/mol. The van der Waals surface area contributed by atoms with E-state index in [1.807, 2.05) is 0 Å². The van der Waals surface area contributed by atoms with Crippen LogP contribution in [0.15, 0.2) is 16.7 Å². The molecule has 16 heavy (non-hydrogen) atoms. The van der Waals surface area contributed by atoms with Crippen molar-refractivity contribution in [3.05, 3.63) is 27.5 Å². The molecule has 1 aromatic rings. The third kappa shape index (κ3) is 2.03. The Morgan fingerprint density at radius 1 is 1.62 bits per heavy atom. The highest BCUT2D eigenvalue weighted by Gasteiger charge is 2.28. The van der Waals surface area contributed by atoms with Crippen LogP contribution in [0.1, 0.15) is 10.4 Å². The molecule has 0 spiro atoms. The van der Waals surface area contributed by atoms with E-state index in [0.29, 0.717) is 17.6 Å². The number of carbonyl (C=O) groups is 2. The second-order valence-electron chi connectivity index (χ2n) is 3.18. The molecular formula is C9H7BrClN3O2. The molecule has 0 bridgehead atoms. The van der Waals surface area contributed by atoms with E-state index >= 15 is 0 Å². The van der Waals surface area contributed by atoms with Crippen LogP contribution in [0.4, 0.5) is 4.79 Å². The molecule has 0 radical (unpaired) electrons. The molecule has 1 N–H and O–H groups in total. The molecule has 2 heterocycles. The van der Waals surface area contributed by atoms with Gasteiger partial charge in [0.1, 0.15) is 5.15 Å². The molecule has 0 aromatic carbocycles. The number of carbonyl (C=O) groups excluding carboxylic acids is 2. The summed E-state index contributed by atoms with van der Waals surface area (Å²) in [5, 5.41) is 2.64. The molecule has 1 aliphatic rings. The van der Waals surface area contributed by atoms with Gasteiger partial charge < -0.3 is 5.32 Å². The standard InChI is InChI=1S/C9H7BrClN3O2/c10-5-3-6(7(11)13-4-5)8(15)14-2-1-12-9(14)16/h3-4H,1-2H2,(H,12,16). The van der Waals surface area contributed by atoms with Crippen LogP contribution in [0, 0.1) is 0 Å². The summed E-state index contributed by atoms with van der Waals surface area (Å²) in [6.45, 7) is 0.810. The number of urea groups is 1. The van der Waals surface area contributed by atoms with Crippen molar-refractivity contribution in [2.45, 2.75) is 0 Å². The largest absolute Gasteiger partial charge is 0.336 e. The number of aromatic nitrogens is 1. The zero-order chi connectivity index (χ0) is 11.7. The first-order chi connectivity index (χ1) is 7.59. The number of halogens is 2. The average molecular weight is 305 g/mol. The van der Waals surface area contributed by atoms with Gasteiger partial charge in [-0.2, -0.15) is 0 Å². The van der Waals surface area contributed by atoms with Crippen LogP contribution in [0.25, 0.3) is 0 Å². The maximum Gasteiger partial charge on any atom is 0.324 e. The van der Waals surface area contributed by atoms with Crippen LogP contribution in [0.3, 0.4) is 0 Å². The maximum atomic E-state index is 12.0. The second kappa shape index (κ2) is 4.39. The van der Waals surface area contributed by atoms with E-state index in [1.54, 1.807) is 6.07 Å². The van der Waals surface area contributed by atoms with Crippen molar-refractivity contribution in [1.82, 2.24) is 15.2 Å². The molecule has 1 saturated heterocycles. The van der Waals surface area contributed by atoms with Gasteiger partial charge in [0.15, 0.2) is 0 Å². The summed E-state index contributed by atoms with van der Waals surface area (Å²) in [5.74, 6) is -0.436. The van der Waals surface area contributed by atoms with Crippen LogP contribution < -0.4 is 5.32 Å². The van der Waals surface area contributed by atoms with Crippen molar-refractivity contribution in [2.75, 3.05) is 13.1 Å². The summed E-state index contributed by atoms with van der Waals surface area (Å²) in [6, 6.07) is 1.14. The molecule has 0 saturated carbocycles. The topological polar surface area (TPSA) is 62.3 Å². The Morgan fingerprint density at radius 2 is 2.38 bits per heavy atom. The first kappa shape index (κ1) is 11.3. The Hall–Kier alpha value is -1.14. The van der Waals surface area contributed by atoms with E-state index in [9.17, 15) is 9.59 Å². The first-order valence-electron chi connectivity index (χ1n) is 4.50. The van der Waals surface area contributed by atoms with Crippen molar-refractivity contribution in [1.29, 1.82) is 0 Å². The Kier molecular flexibility index (Phi) is 3.11. The number of rotatable bonds is 1. The van der Waals surface area contributed by atoms with Crippen LogP contribution in [-0.4, -0.2) is 34.9 Å². The Balaban J connectivity index is 2.33. The number of pyridine rings is 1. The second-order valence-corrected chi connectivity index (χ2v) is 4.45. The number of imide groups is 1. The van der Waals surface area contributed by atoms with Crippen LogP contribution in [-0.2, 0) is 0 Å². The average Bonchev–Trinajstić information content (AvgIpc) is 2.67. The van der Waals surface area contributed by atoms with Crippen molar-refractivity contribution < 1.29 is 9.59 Å². The minimum atomic E-state index is -0.436. The highest BCUT2D eigenvalue weighted by Crippen LogP contribution is 2.20. The smallest absolute Gasteiger partial charge is 0.324 e. The van der Waals surface area contributed by atoms with Gasteiger partial charge in [0.05, 0.1) is 5.56 Å². The molecule has 1 fully saturated rings. The summed E-state index contributed by atoms with van der Waals surface area (Å²) in [7, 11) is 0. The lowest BCUT2D eigenvalue weighted by Crippen LogP contribution is -2.34.